The molecule has 9 nitrogen and oxygen atoms in total. The number of benzene rings is 1. The fraction of sp³-hybridized carbons (Fsp3) is 0.318. The van der Waals surface area contributed by atoms with Crippen LogP contribution in [0.1, 0.15) is 12.8 Å². The highest BCUT2D eigenvalue weighted by molar-refractivity contribution is 7.89. The quantitative estimate of drug-likeness (QED) is 0.429. The van der Waals surface area contributed by atoms with Crippen LogP contribution in [0.2, 0.25) is 0 Å². The van der Waals surface area contributed by atoms with Gasteiger partial charge in [-0.1, -0.05) is 12.1 Å². The number of rotatable bonds is 7. The molecule has 172 valence electrons. The number of fused-ring (bicyclic) bond motifs is 1. The van der Waals surface area contributed by atoms with E-state index in [0.717, 1.165) is 46.2 Å². The van der Waals surface area contributed by atoms with Gasteiger partial charge in [-0.15, -0.1) is 11.3 Å². The SMILES string of the molecule is COc1cccc(-c2nc3sccn3c2-c2ccnc(NCCN3CCCCS3(=O)=O)n2)c1. The summed E-state index contributed by atoms with van der Waals surface area (Å²) in [6.07, 6.45) is 5.30. The molecule has 1 fully saturated rings. The zero-order valence-electron chi connectivity index (χ0n) is 18.1. The van der Waals surface area contributed by atoms with Crippen LogP contribution in [0.25, 0.3) is 27.6 Å². The van der Waals surface area contributed by atoms with Gasteiger partial charge in [0.1, 0.15) is 11.4 Å². The average molecular weight is 485 g/mol. The van der Waals surface area contributed by atoms with E-state index in [4.69, 9.17) is 14.7 Å². The van der Waals surface area contributed by atoms with E-state index >= 15 is 0 Å². The van der Waals surface area contributed by atoms with Crippen molar-refractivity contribution in [3.63, 3.8) is 0 Å². The van der Waals surface area contributed by atoms with E-state index in [-0.39, 0.29) is 5.75 Å². The number of aromatic nitrogens is 4. The molecule has 33 heavy (non-hydrogen) atoms. The molecule has 0 atom stereocenters. The summed E-state index contributed by atoms with van der Waals surface area (Å²) in [6.45, 7) is 1.40. The Hall–Kier alpha value is -3.02. The summed E-state index contributed by atoms with van der Waals surface area (Å²) in [6, 6.07) is 9.64. The maximum atomic E-state index is 12.2. The molecule has 4 aromatic rings. The number of hydrogen-bond donors (Lipinski definition) is 1. The van der Waals surface area contributed by atoms with Gasteiger partial charge < -0.3 is 10.1 Å². The smallest absolute Gasteiger partial charge is 0.223 e. The number of nitrogens with one attached hydrogen (secondary N) is 1. The van der Waals surface area contributed by atoms with Gasteiger partial charge in [-0.3, -0.25) is 4.40 Å². The largest absolute Gasteiger partial charge is 0.497 e. The molecule has 0 radical (unpaired) electrons. The Morgan fingerprint density at radius 3 is 2.97 bits per heavy atom. The third-order valence-electron chi connectivity index (χ3n) is 5.60. The summed E-state index contributed by atoms with van der Waals surface area (Å²) >= 11 is 1.55. The monoisotopic (exact) mass is 484 g/mol. The predicted octanol–water partition coefficient (Wildman–Crippen LogP) is 3.37. The summed E-state index contributed by atoms with van der Waals surface area (Å²) < 4.78 is 33.4. The molecule has 1 aliphatic heterocycles. The fourth-order valence-corrected chi connectivity index (χ4v) is 6.28. The Labute approximate surface area is 196 Å². The number of methoxy groups -OCH3 is 1. The highest BCUT2D eigenvalue weighted by atomic mass is 32.2. The average Bonchev–Trinajstić information content (AvgIpc) is 3.42. The van der Waals surface area contributed by atoms with Gasteiger partial charge in [0.25, 0.3) is 0 Å². The molecule has 11 heteroatoms. The van der Waals surface area contributed by atoms with Crippen molar-refractivity contribution >= 4 is 32.3 Å². The molecular formula is C22H24N6O3S2. The Bertz CT molecular complexity index is 1380. The normalized spacial score (nSPS) is 16.2. The number of nitrogens with zero attached hydrogens (tertiary/aromatic N) is 5. The predicted molar refractivity (Wildman–Crippen MR) is 129 cm³/mol. The Morgan fingerprint density at radius 1 is 1.21 bits per heavy atom. The van der Waals surface area contributed by atoms with E-state index in [2.05, 4.69) is 10.3 Å². The summed E-state index contributed by atoms with van der Waals surface area (Å²) in [5.74, 6) is 1.43. The van der Waals surface area contributed by atoms with Crippen molar-refractivity contribution in [3.05, 3.63) is 48.1 Å². The van der Waals surface area contributed by atoms with E-state index in [1.165, 1.54) is 0 Å². The number of hydrogen-bond acceptors (Lipinski definition) is 8. The van der Waals surface area contributed by atoms with Crippen LogP contribution < -0.4 is 10.1 Å². The third kappa shape index (κ3) is 4.43. The first-order valence-corrected chi connectivity index (χ1v) is 13.2. The summed E-state index contributed by atoms with van der Waals surface area (Å²) in [4.78, 5) is 14.7. The highest BCUT2D eigenvalue weighted by Gasteiger charge is 2.25. The first-order valence-electron chi connectivity index (χ1n) is 10.7. The molecule has 1 saturated heterocycles. The molecule has 3 aromatic heterocycles. The molecule has 0 saturated carbocycles. The first kappa shape index (κ1) is 21.8. The van der Waals surface area contributed by atoms with Crippen molar-refractivity contribution in [2.75, 3.05) is 37.8 Å². The summed E-state index contributed by atoms with van der Waals surface area (Å²) in [7, 11) is -1.51. The van der Waals surface area contributed by atoms with Crippen LogP contribution >= 0.6 is 11.3 Å². The second-order valence-electron chi connectivity index (χ2n) is 7.71. The number of anilines is 1. The van der Waals surface area contributed by atoms with E-state index in [1.54, 1.807) is 28.9 Å². The molecule has 0 bridgehead atoms. The standard InChI is InChI=1S/C22H24N6O3S2/c1-31-17-6-4-5-16(15-17)19-20(28-12-13-32-22(28)26-19)18-7-8-23-21(25-18)24-9-11-27-10-2-3-14-33(27,29)30/h4-8,12-13,15H,2-3,9-11,14H2,1H3,(H,23,24,25). The van der Waals surface area contributed by atoms with Crippen LogP contribution in [-0.4, -0.2) is 64.6 Å². The summed E-state index contributed by atoms with van der Waals surface area (Å²) in [5.41, 5.74) is 3.33. The van der Waals surface area contributed by atoms with Gasteiger partial charge in [0.05, 0.1) is 24.3 Å². The van der Waals surface area contributed by atoms with Gasteiger partial charge in [0.2, 0.25) is 16.0 Å². The van der Waals surface area contributed by atoms with E-state index in [9.17, 15) is 8.42 Å². The summed E-state index contributed by atoms with van der Waals surface area (Å²) in [5, 5.41) is 5.16. The van der Waals surface area contributed by atoms with Gasteiger partial charge in [-0.25, -0.2) is 27.7 Å². The van der Waals surface area contributed by atoms with Crippen LogP contribution in [0.4, 0.5) is 5.95 Å². The number of sulfonamides is 1. The molecule has 0 unspecified atom stereocenters. The lowest BCUT2D eigenvalue weighted by molar-refractivity contribution is 0.393. The van der Waals surface area contributed by atoms with Gasteiger partial charge in [0.15, 0.2) is 4.96 Å². The van der Waals surface area contributed by atoms with Crippen LogP contribution in [0.15, 0.2) is 48.1 Å². The lowest BCUT2D eigenvalue weighted by Crippen LogP contribution is -2.40. The van der Waals surface area contributed by atoms with Gasteiger partial charge >= 0.3 is 0 Å². The first-order chi connectivity index (χ1) is 16.0. The molecule has 0 amide bonds. The lowest BCUT2D eigenvalue weighted by atomic mass is 10.1. The van der Waals surface area contributed by atoms with Crippen molar-refractivity contribution in [1.29, 1.82) is 0 Å². The second kappa shape index (κ2) is 9.08. The zero-order valence-corrected chi connectivity index (χ0v) is 19.8. The topological polar surface area (TPSA) is 102 Å². The Kier molecular flexibility index (Phi) is 6.00. The molecule has 0 spiro atoms. The lowest BCUT2D eigenvalue weighted by Gasteiger charge is -2.26. The maximum absolute atomic E-state index is 12.2. The Balaban J connectivity index is 1.42. The minimum Gasteiger partial charge on any atom is -0.497 e. The van der Waals surface area contributed by atoms with Crippen LogP contribution in [0, 0.1) is 0 Å². The molecule has 1 aliphatic rings. The maximum Gasteiger partial charge on any atom is 0.223 e. The van der Waals surface area contributed by atoms with Crippen molar-refractivity contribution < 1.29 is 13.2 Å². The van der Waals surface area contributed by atoms with Crippen LogP contribution in [0.5, 0.6) is 5.75 Å². The van der Waals surface area contributed by atoms with Crippen LogP contribution in [0.3, 0.4) is 0 Å². The zero-order chi connectivity index (χ0) is 22.8. The van der Waals surface area contributed by atoms with Gasteiger partial charge in [-0.2, -0.15) is 0 Å². The number of thiazole rings is 1. The van der Waals surface area contributed by atoms with E-state index in [1.807, 2.05) is 46.3 Å². The molecule has 1 aromatic carbocycles. The minimum absolute atomic E-state index is 0.226. The second-order valence-corrected chi connectivity index (χ2v) is 10.7. The van der Waals surface area contributed by atoms with Crippen molar-refractivity contribution in [2.24, 2.45) is 0 Å². The van der Waals surface area contributed by atoms with Crippen molar-refractivity contribution in [1.82, 2.24) is 23.7 Å². The molecule has 1 N–H and O–H groups in total. The number of ether oxygens (including phenoxy) is 1. The van der Waals surface area contributed by atoms with Crippen LogP contribution in [-0.2, 0) is 10.0 Å². The minimum atomic E-state index is -3.15. The highest BCUT2D eigenvalue weighted by Crippen LogP contribution is 2.34. The van der Waals surface area contributed by atoms with E-state index < -0.39 is 10.0 Å². The molecular weight excluding hydrogens is 460 g/mol. The molecule has 4 heterocycles. The third-order valence-corrected chi connectivity index (χ3v) is 8.31. The van der Waals surface area contributed by atoms with Crippen molar-refractivity contribution in [3.8, 4) is 28.4 Å². The Morgan fingerprint density at radius 2 is 2.12 bits per heavy atom. The molecule has 5 rings (SSSR count). The fourth-order valence-electron chi connectivity index (χ4n) is 3.96. The number of imidazole rings is 1. The van der Waals surface area contributed by atoms with Gasteiger partial charge in [-0.05, 0) is 31.0 Å². The molecule has 0 aliphatic carbocycles. The van der Waals surface area contributed by atoms with E-state index in [0.29, 0.717) is 25.6 Å². The van der Waals surface area contributed by atoms with Crippen molar-refractivity contribution in [2.45, 2.75) is 12.8 Å². The van der Waals surface area contributed by atoms with Gasteiger partial charge in [0, 0.05) is 43.0 Å².